The quantitative estimate of drug-likeness (QED) is 0.719. The molecule has 0 aliphatic rings. The topological polar surface area (TPSA) is 99.2 Å². The Labute approximate surface area is 145 Å². The number of sulfonamides is 1. The van der Waals surface area contributed by atoms with Crippen molar-refractivity contribution in [2.45, 2.75) is 18.4 Å². The summed E-state index contributed by atoms with van der Waals surface area (Å²) in [4.78, 5) is 0.141. The van der Waals surface area contributed by atoms with E-state index >= 15 is 0 Å². The molecule has 8 nitrogen and oxygen atoms in total. The van der Waals surface area contributed by atoms with Gasteiger partial charge in [-0.1, -0.05) is 17.3 Å². The van der Waals surface area contributed by atoms with Gasteiger partial charge in [0.15, 0.2) is 5.76 Å². The molecule has 0 saturated carbocycles. The smallest absolute Gasteiger partial charge is 0.244 e. The number of hydrogen-bond donors (Lipinski definition) is 1. The zero-order valence-electron chi connectivity index (χ0n) is 14.1. The summed E-state index contributed by atoms with van der Waals surface area (Å²) in [6.45, 7) is 1.64. The van der Waals surface area contributed by atoms with Crippen molar-refractivity contribution in [2.24, 2.45) is 7.05 Å². The molecule has 0 fully saturated rings. The van der Waals surface area contributed by atoms with E-state index in [9.17, 15) is 8.42 Å². The first-order valence-electron chi connectivity index (χ1n) is 7.49. The number of aryl methyl sites for hydroxylation is 2. The predicted molar refractivity (Wildman–Crippen MR) is 90.5 cm³/mol. The van der Waals surface area contributed by atoms with Crippen LogP contribution in [0, 0.1) is 6.92 Å². The number of aromatic nitrogens is 3. The van der Waals surface area contributed by atoms with E-state index in [-0.39, 0.29) is 11.4 Å². The molecule has 0 amide bonds. The van der Waals surface area contributed by atoms with Gasteiger partial charge in [0.05, 0.1) is 19.3 Å². The highest BCUT2D eigenvalue weighted by Gasteiger charge is 2.20. The lowest BCUT2D eigenvalue weighted by Crippen LogP contribution is -2.23. The molecule has 0 atom stereocenters. The van der Waals surface area contributed by atoms with Crippen LogP contribution in [0.4, 0.5) is 0 Å². The van der Waals surface area contributed by atoms with Crippen LogP contribution in [0.15, 0.2) is 45.9 Å². The summed E-state index contributed by atoms with van der Waals surface area (Å²) in [7, 11) is -0.420. The fourth-order valence-electron chi connectivity index (χ4n) is 2.40. The summed E-state index contributed by atoms with van der Waals surface area (Å²) in [6.07, 6.45) is 1.46. The normalized spacial score (nSPS) is 11.6. The first-order chi connectivity index (χ1) is 11.9. The third-order valence-electron chi connectivity index (χ3n) is 3.62. The summed E-state index contributed by atoms with van der Waals surface area (Å²) in [5.74, 6) is 1.11. The molecule has 0 saturated heterocycles. The third-order valence-corrected chi connectivity index (χ3v) is 5.12. The van der Waals surface area contributed by atoms with Gasteiger partial charge in [0.2, 0.25) is 10.0 Å². The van der Waals surface area contributed by atoms with Crippen LogP contribution < -0.4 is 9.46 Å². The van der Waals surface area contributed by atoms with Gasteiger partial charge in [-0.05, 0) is 19.1 Å². The Hall–Kier alpha value is -2.65. The number of hydrogen-bond acceptors (Lipinski definition) is 6. The van der Waals surface area contributed by atoms with Crippen molar-refractivity contribution < 1.29 is 17.7 Å². The number of nitrogens with zero attached hydrogens (tertiary/aromatic N) is 3. The standard InChI is InChI=1S/C16H18N4O4S/c1-11-16(10-20(2)18-11)25(21,22)17-9-14-8-15(19-24-14)12-5-4-6-13(7-12)23-3/h4-8,10,17H,9H2,1-3H3. The Morgan fingerprint density at radius 3 is 2.80 bits per heavy atom. The fourth-order valence-corrected chi connectivity index (χ4v) is 3.61. The second-order valence-corrected chi connectivity index (χ2v) is 7.22. The lowest BCUT2D eigenvalue weighted by Gasteiger charge is -2.02. The SMILES string of the molecule is COc1cccc(-c2cc(CNS(=O)(=O)c3cn(C)nc3C)on2)c1. The summed E-state index contributed by atoms with van der Waals surface area (Å²) < 4.78 is 39.1. The van der Waals surface area contributed by atoms with Crippen molar-refractivity contribution in [1.29, 1.82) is 0 Å². The van der Waals surface area contributed by atoms with Gasteiger partial charge in [-0.2, -0.15) is 5.10 Å². The highest BCUT2D eigenvalue weighted by Crippen LogP contribution is 2.23. The molecule has 0 aliphatic carbocycles. The summed E-state index contributed by atoms with van der Waals surface area (Å²) in [6, 6.07) is 9.05. The number of benzene rings is 1. The second kappa shape index (κ2) is 6.69. The first kappa shape index (κ1) is 17.2. The average Bonchev–Trinajstić information content (AvgIpc) is 3.20. The lowest BCUT2D eigenvalue weighted by atomic mass is 10.1. The molecule has 0 unspecified atom stereocenters. The van der Waals surface area contributed by atoms with Crippen LogP contribution in [-0.2, 0) is 23.6 Å². The maximum atomic E-state index is 12.4. The van der Waals surface area contributed by atoms with Gasteiger partial charge in [-0.15, -0.1) is 0 Å². The number of rotatable bonds is 6. The molecule has 1 N–H and O–H groups in total. The van der Waals surface area contributed by atoms with Gasteiger partial charge in [-0.3, -0.25) is 4.68 Å². The van der Waals surface area contributed by atoms with Crippen molar-refractivity contribution in [3.63, 3.8) is 0 Å². The van der Waals surface area contributed by atoms with Crippen molar-refractivity contribution in [2.75, 3.05) is 7.11 Å². The molecule has 3 rings (SSSR count). The van der Waals surface area contributed by atoms with E-state index in [1.807, 2.05) is 24.3 Å². The van der Waals surface area contributed by atoms with Crippen LogP contribution in [0.3, 0.4) is 0 Å². The Morgan fingerprint density at radius 1 is 1.32 bits per heavy atom. The van der Waals surface area contributed by atoms with Gasteiger partial charge in [-0.25, -0.2) is 13.1 Å². The van der Waals surface area contributed by atoms with E-state index in [0.717, 1.165) is 5.56 Å². The van der Waals surface area contributed by atoms with E-state index in [0.29, 0.717) is 22.9 Å². The van der Waals surface area contributed by atoms with Gasteiger partial charge in [0.25, 0.3) is 0 Å². The third kappa shape index (κ3) is 3.72. The van der Waals surface area contributed by atoms with Gasteiger partial charge < -0.3 is 9.26 Å². The first-order valence-corrected chi connectivity index (χ1v) is 8.97. The maximum Gasteiger partial charge on any atom is 0.244 e. The lowest BCUT2D eigenvalue weighted by molar-refractivity contribution is 0.382. The minimum absolute atomic E-state index is 0.00631. The molecule has 9 heteroatoms. The summed E-state index contributed by atoms with van der Waals surface area (Å²) in [5, 5.41) is 8.02. The molecule has 0 bridgehead atoms. The molecule has 1 aromatic carbocycles. The number of nitrogens with one attached hydrogen (secondary N) is 1. The molecule has 0 spiro atoms. The van der Waals surface area contributed by atoms with E-state index in [2.05, 4.69) is 15.0 Å². The van der Waals surface area contributed by atoms with Gasteiger partial charge in [0.1, 0.15) is 16.3 Å². The molecular weight excluding hydrogens is 344 g/mol. The van der Waals surface area contributed by atoms with Crippen LogP contribution in [0.1, 0.15) is 11.5 Å². The van der Waals surface area contributed by atoms with E-state index in [1.54, 1.807) is 27.1 Å². The van der Waals surface area contributed by atoms with E-state index in [1.165, 1.54) is 10.9 Å². The Kier molecular flexibility index (Phi) is 4.60. The zero-order valence-corrected chi connectivity index (χ0v) is 14.9. The second-order valence-electron chi connectivity index (χ2n) is 5.49. The molecule has 3 aromatic rings. The van der Waals surface area contributed by atoms with Crippen molar-refractivity contribution in [1.82, 2.24) is 19.7 Å². The maximum absolute atomic E-state index is 12.4. The Bertz CT molecular complexity index is 991. The van der Waals surface area contributed by atoms with E-state index in [4.69, 9.17) is 9.26 Å². The predicted octanol–water partition coefficient (Wildman–Crippen LogP) is 1.87. The highest BCUT2D eigenvalue weighted by atomic mass is 32.2. The molecule has 0 radical (unpaired) electrons. The van der Waals surface area contributed by atoms with Crippen LogP contribution in [0.25, 0.3) is 11.3 Å². The minimum Gasteiger partial charge on any atom is -0.497 e. The average molecular weight is 362 g/mol. The highest BCUT2D eigenvalue weighted by molar-refractivity contribution is 7.89. The minimum atomic E-state index is -3.68. The number of methoxy groups -OCH3 is 1. The van der Waals surface area contributed by atoms with Crippen molar-refractivity contribution >= 4 is 10.0 Å². The zero-order chi connectivity index (χ0) is 18.0. The largest absolute Gasteiger partial charge is 0.497 e. The molecule has 25 heavy (non-hydrogen) atoms. The monoisotopic (exact) mass is 362 g/mol. The molecule has 2 heterocycles. The summed E-state index contributed by atoms with van der Waals surface area (Å²) in [5.41, 5.74) is 1.86. The summed E-state index contributed by atoms with van der Waals surface area (Å²) >= 11 is 0. The Morgan fingerprint density at radius 2 is 2.12 bits per heavy atom. The number of ether oxygens (including phenoxy) is 1. The van der Waals surface area contributed by atoms with Crippen LogP contribution in [-0.4, -0.2) is 30.5 Å². The molecular formula is C16H18N4O4S. The Balaban J connectivity index is 1.74. The van der Waals surface area contributed by atoms with Crippen molar-refractivity contribution in [3.8, 4) is 17.0 Å². The van der Waals surface area contributed by atoms with E-state index < -0.39 is 10.0 Å². The van der Waals surface area contributed by atoms with Gasteiger partial charge in [0, 0.05) is 24.9 Å². The van der Waals surface area contributed by atoms with Gasteiger partial charge >= 0.3 is 0 Å². The van der Waals surface area contributed by atoms with Crippen molar-refractivity contribution in [3.05, 3.63) is 48.0 Å². The molecule has 132 valence electrons. The molecule has 0 aliphatic heterocycles. The van der Waals surface area contributed by atoms with Crippen LogP contribution in [0.5, 0.6) is 5.75 Å². The molecule has 2 aromatic heterocycles. The van der Waals surface area contributed by atoms with Crippen LogP contribution >= 0.6 is 0 Å². The van der Waals surface area contributed by atoms with Crippen LogP contribution in [0.2, 0.25) is 0 Å². The fraction of sp³-hybridized carbons (Fsp3) is 0.250.